The van der Waals surface area contributed by atoms with Crippen LogP contribution in [0.25, 0.3) is 11.2 Å². The van der Waals surface area contributed by atoms with Crippen LogP contribution in [-0.2, 0) is 11.3 Å². The summed E-state index contributed by atoms with van der Waals surface area (Å²) in [6.07, 6.45) is 2.94. The molecule has 0 atom stereocenters. The molecular formula is C21H16ClN5O2S. The van der Waals surface area contributed by atoms with Gasteiger partial charge in [-0.3, -0.25) is 14.2 Å². The summed E-state index contributed by atoms with van der Waals surface area (Å²) in [5.74, 6) is -0.106. The number of benzene rings is 2. The summed E-state index contributed by atoms with van der Waals surface area (Å²) in [5.41, 5.74) is 1.71. The summed E-state index contributed by atoms with van der Waals surface area (Å²) < 4.78 is 1.50. The van der Waals surface area contributed by atoms with Crippen LogP contribution in [0.1, 0.15) is 5.56 Å². The molecule has 0 bridgehead atoms. The number of hydrogen-bond donors (Lipinski definition) is 1. The second kappa shape index (κ2) is 9.06. The van der Waals surface area contributed by atoms with Crippen LogP contribution in [0, 0.1) is 0 Å². The highest BCUT2D eigenvalue weighted by molar-refractivity contribution is 7.99. The lowest BCUT2D eigenvalue weighted by Gasteiger charge is -2.12. The van der Waals surface area contributed by atoms with Crippen molar-refractivity contribution in [3.8, 4) is 0 Å². The largest absolute Gasteiger partial charge is 0.325 e. The van der Waals surface area contributed by atoms with Crippen LogP contribution in [0.2, 0.25) is 5.02 Å². The minimum Gasteiger partial charge on any atom is -0.325 e. The number of halogens is 1. The van der Waals surface area contributed by atoms with Crippen LogP contribution in [0.15, 0.2) is 76.9 Å². The van der Waals surface area contributed by atoms with Crippen molar-refractivity contribution in [1.29, 1.82) is 0 Å². The van der Waals surface area contributed by atoms with E-state index in [-0.39, 0.29) is 34.9 Å². The van der Waals surface area contributed by atoms with E-state index in [1.807, 2.05) is 42.5 Å². The van der Waals surface area contributed by atoms with Gasteiger partial charge >= 0.3 is 0 Å². The van der Waals surface area contributed by atoms with E-state index in [0.717, 1.165) is 5.56 Å². The number of para-hydroxylation sites is 1. The van der Waals surface area contributed by atoms with E-state index in [1.165, 1.54) is 28.7 Å². The number of carbonyl (C=O) groups excluding carboxylic acids is 1. The van der Waals surface area contributed by atoms with Gasteiger partial charge < -0.3 is 5.32 Å². The van der Waals surface area contributed by atoms with Gasteiger partial charge in [-0.15, -0.1) is 0 Å². The molecule has 7 nitrogen and oxygen atoms in total. The van der Waals surface area contributed by atoms with E-state index in [4.69, 9.17) is 11.6 Å². The van der Waals surface area contributed by atoms with Gasteiger partial charge in [0.2, 0.25) is 5.91 Å². The first-order chi connectivity index (χ1) is 14.6. The maximum atomic E-state index is 13.0. The zero-order valence-electron chi connectivity index (χ0n) is 15.7. The van der Waals surface area contributed by atoms with Crippen LogP contribution in [-0.4, -0.2) is 31.2 Å². The molecule has 1 N–H and O–H groups in total. The number of hydrogen-bond acceptors (Lipinski definition) is 6. The summed E-state index contributed by atoms with van der Waals surface area (Å²) in [4.78, 5) is 38.1. The van der Waals surface area contributed by atoms with Crippen molar-refractivity contribution in [1.82, 2.24) is 19.5 Å². The maximum absolute atomic E-state index is 13.0. The Morgan fingerprint density at radius 2 is 1.77 bits per heavy atom. The molecule has 0 spiro atoms. The lowest BCUT2D eigenvalue weighted by atomic mass is 10.2. The zero-order chi connectivity index (χ0) is 20.9. The molecule has 30 heavy (non-hydrogen) atoms. The number of anilines is 1. The number of thioether (sulfide) groups is 1. The van der Waals surface area contributed by atoms with Gasteiger partial charge in [0, 0.05) is 23.1 Å². The van der Waals surface area contributed by atoms with Gasteiger partial charge in [0.05, 0.1) is 12.3 Å². The molecule has 150 valence electrons. The molecule has 0 aliphatic rings. The summed E-state index contributed by atoms with van der Waals surface area (Å²) in [7, 11) is 0. The van der Waals surface area contributed by atoms with Gasteiger partial charge in [0.25, 0.3) is 5.56 Å². The van der Waals surface area contributed by atoms with Gasteiger partial charge in [-0.1, -0.05) is 53.7 Å². The molecular weight excluding hydrogens is 422 g/mol. The number of rotatable bonds is 6. The summed E-state index contributed by atoms with van der Waals surface area (Å²) >= 11 is 7.13. The smallest absolute Gasteiger partial charge is 0.282 e. The second-order valence-corrected chi connectivity index (χ2v) is 7.72. The SMILES string of the molecule is O=C(CSc1nc2nccnc2c(=O)n1Cc1ccc(Cl)cc1)Nc1ccccc1. The van der Waals surface area contributed by atoms with Crippen molar-refractivity contribution >= 4 is 46.1 Å². The topological polar surface area (TPSA) is 89.8 Å². The molecule has 2 aromatic carbocycles. The Labute approximate surface area is 181 Å². The molecule has 0 unspecified atom stereocenters. The third kappa shape index (κ3) is 4.67. The molecule has 2 heterocycles. The first-order valence-electron chi connectivity index (χ1n) is 9.04. The monoisotopic (exact) mass is 437 g/mol. The third-order valence-corrected chi connectivity index (χ3v) is 5.43. The first-order valence-corrected chi connectivity index (χ1v) is 10.4. The highest BCUT2D eigenvalue weighted by Crippen LogP contribution is 2.19. The quantitative estimate of drug-likeness (QED) is 0.366. The Balaban J connectivity index is 1.62. The van der Waals surface area contributed by atoms with E-state index in [2.05, 4.69) is 20.3 Å². The molecule has 0 saturated carbocycles. The Morgan fingerprint density at radius 1 is 1.03 bits per heavy atom. The van der Waals surface area contributed by atoms with Gasteiger partial charge in [0.15, 0.2) is 16.3 Å². The molecule has 0 radical (unpaired) electrons. The highest BCUT2D eigenvalue weighted by Gasteiger charge is 2.15. The Hall–Kier alpha value is -3.23. The number of aromatic nitrogens is 4. The fraction of sp³-hybridized carbons (Fsp3) is 0.0952. The first kappa shape index (κ1) is 20.1. The van der Waals surface area contributed by atoms with Crippen molar-refractivity contribution in [3.63, 3.8) is 0 Å². The Morgan fingerprint density at radius 3 is 2.53 bits per heavy atom. The fourth-order valence-corrected chi connectivity index (χ4v) is 3.71. The second-order valence-electron chi connectivity index (χ2n) is 6.34. The van der Waals surface area contributed by atoms with Crippen molar-refractivity contribution in [2.45, 2.75) is 11.7 Å². The Kier molecular flexibility index (Phi) is 6.06. The van der Waals surface area contributed by atoms with Crippen LogP contribution in [0.3, 0.4) is 0 Å². The van der Waals surface area contributed by atoms with E-state index >= 15 is 0 Å². The standard InChI is InChI=1S/C21H16ClN5O2S/c22-15-8-6-14(7-9-15)12-27-20(29)18-19(24-11-10-23-18)26-21(27)30-13-17(28)25-16-4-2-1-3-5-16/h1-11H,12-13H2,(H,25,28). The van der Waals surface area contributed by atoms with Crippen molar-refractivity contribution in [2.24, 2.45) is 0 Å². The molecule has 4 aromatic rings. The van der Waals surface area contributed by atoms with Gasteiger partial charge in [-0.25, -0.2) is 15.0 Å². The molecule has 0 aliphatic heterocycles. The van der Waals surface area contributed by atoms with Gasteiger partial charge in [-0.05, 0) is 29.8 Å². The van der Waals surface area contributed by atoms with Crippen molar-refractivity contribution in [3.05, 3.63) is 87.9 Å². The zero-order valence-corrected chi connectivity index (χ0v) is 17.2. The number of carbonyl (C=O) groups is 1. The Bertz CT molecular complexity index is 1250. The lowest BCUT2D eigenvalue weighted by Crippen LogP contribution is -2.25. The molecule has 0 fully saturated rings. The number of fused-ring (bicyclic) bond motifs is 1. The third-order valence-electron chi connectivity index (χ3n) is 4.20. The molecule has 0 aliphatic carbocycles. The average Bonchev–Trinajstić information content (AvgIpc) is 2.76. The number of amides is 1. The van der Waals surface area contributed by atoms with Gasteiger partial charge in [-0.2, -0.15) is 0 Å². The van der Waals surface area contributed by atoms with Gasteiger partial charge in [0.1, 0.15) is 0 Å². The predicted octanol–water partition coefficient (Wildman–Crippen LogP) is 3.62. The molecule has 0 saturated heterocycles. The minimum absolute atomic E-state index is 0.0910. The van der Waals surface area contributed by atoms with E-state index in [1.54, 1.807) is 12.1 Å². The van der Waals surface area contributed by atoms with E-state index < -0.39 is 0 Å². The van der Waals surface area contributed by atoms with Crippen LogP contribution in [0.4, 0.5) is 5.69 Å². The molecule has 1 amide bonds. The van der Waals surface area contributed by atoms with Crippen molar-refractivity contribution < 1.29 is 4.79 Å². The average molecular weight is 438 g/mol. The number of nitrogens with zero attached hydrogens (tertiary/aromatic N) is 4. The van der Waals surface area contributed by atoms with Crippen LogP contribution in [0.5, 0.6) is 0 Å². The van der Waals surface area contributed by atoms with Crippen LogP contribution >= 0.6 is 23.4 Å². The van der Waals surface area contributed by atoms with Crippen molar-refractivity contribution in [2.75, 3.05) is 11.1 Å². The maximum Gasteiger partial charge on any atom is 0.282 e. The summed E-state index contributed by atoms with van der Waals surface area (Å²) in [6, 6.07) is 16.4. The number of nitrogens with one attached hydrogen (secondary N) is 1. The predicted molar refractivity (Wildman–Crippen MR) is 118 cm³/mol. The minimum atomic E-state index is -0.311. The molecule has 9 heteroatoms. The molecule has 4 rings (SSSR count). The normalized spacial score (nSPS) is 10.8. The highest BCUT2D eigenvalue weighted by atomic mass is 35.5. The summed E-state index contributed by atoms with van der Waals surface area (Å²) in [5, 5.41) is 3.83. The molecule has 2 aromatic heterocycles. The summed E-state index contributed by atoms with van der Waals surface area (Å²) in [6.45, 7) is 0.276. The fourth-order valence-electron chi connectivity index (χ4n) is 2.80. The van der Waals surface area contributed by atoms with E-state index in [9.17, 15) is 9.59 Å². The lowest BCUT2D eigenvalue weighted by molar-refractivity contribution is -0.113. The van der Waals surface area contributed by atoms with Crippen LogP contribution < -0.4 is 10.9 Å². The van der Waals surface area contributed by atoms with E-state index in [0.29, 0.717) is 15.9 Å².